The maximum Gasteiger partial charge on any atom is 0.0679 e. The van der Waals surface area contributed by atoms with Crippen molar-refractivity contribution < 1.29 is 0 Å². The fourth-order valence-electron chi connectivity index (χ4n) is 1.35. The average molecular weight is 181 g/mol. The van der Waals surface area contributed by atoms with Gasteiger partial charge in [-0.15, -0.1) is 0 Å². The quantitative estimate of drug-likeness (QED) is 0.706. The van der Waals surface area contributed by atoms with E-state index in [-0.39, 0.29) is 0 Å². The van der Waals surface area contributed by atoms with Crippen LogP contribution in [0.1, 0.15) is 11.1 Å². The van der Waals surface area contributed by atoms with E-state index in [0.29, 0.717) is 6.54 Å². The third kappa shape index (κ3) is 1.13. The van der Waals surface area contributed by atoms with Gasteiger partial charge in [0.1, 0.15) is 0 Å². The molecule has 1 aromatic carbocycles. The molecule has 1 aliphatic heterocycles. The predicted molar refractivity (Wildman–Crippen MR) is 51.2 cm³/mol. The smallest absolute Gasteiger partial charge is 0.0679 e. The second-order valence-electron chi connectivity index (χ2n) is 2.80. The molecule has 2 N–H and O–H groups in total. The highest BCUT2D eigenvalue weighted by atomic mass is 35.5. The van der Waals surface area contributed by atoms with Crippen LogP contribution in [0.2, 0.25) is 5.02 Å². The number of hydrogen-bond donors (Lipinski definition) is 1. The van der Waals surface area contributed by atoms with E-state index in [4.69, 9.17) is 17.3 Å². The first-order chi connectivity index (χ1) is 5.81. The van der Waals surface area contributed by atoms with E-state index in [0.717, 1.165) is 28.3 Å². The van der Waals surface area contributed by atoms with Gasteiger partial charge in [-0.2, -0.15) is 0 Å². The minimum Gasteiger partial charge on any atom is -0.326 e. The van der Waals surface area contributed by atoms with Gasteiger partial charge in [-0.1, -0.05) is 11.6 Å². The summed E-state index contributed by atoms with van der Waals surface area (Å²) < 4.78 is 0. The summed E-state index contributed by atoms with van der Waals surface area (Å²) in [6, 6.07) is 3.90. The van der Waals surface area contributed by atoms with Gasteiger partial charge in [-0.05, 0) is 17.7 Å². The molecule has 1 aromatic rings. The standard InChI is InChI=1S/C9H9ClN2/c10-8-3-6(5-11)4-9-7(8)1-2-12-9/h2-4H,1,5,11H2. The van der Waals surface area contributed by atoms with Gasteiger partial charge in [0.2, 0.25) is 0 Å². The maximum atomic E-state index is 6.02. The highest BCUT2D eigenvalue weighted by Crippen LogP contribution is 2.31. The number of fused-ring (bicyclic) bond motifs is 1. The lowest BCUT2D eigenvalue weighted by Gasteiger charge is -2.03. The highest BCUT2D eigenvalue weighted by molar-refractivity contribution is 6.32. The Kier molecular flexibility index (Phi) is 1.87. The van der Waals surface area contributed by atoms with E-state index in [2.05, 4.69) is 4.99 Å². The van der Waals surface area contributed by atoms with Crippen LogP contribution < -0.4 is 5.73 Å². The number of nitrogens with two attached hydrogens (primary N) is 1. The van der Waals surface area contributed by atoms with Gasteiger partial charge >= 0.3 is 0 Å². The van der Waals surface area contributed by atoms with E-state index in [1.807, 2.05) is 18.3 Å². The molecule has 0 fully saturated rings. The molecule has 0 saturated carbocycles. The fraction of sp³-hybridized carbons (Fsp3) is 0.222. The zero-order valence-corrected chi connectivity index (χ0v) is 7.30. The number of rotatable bonds is 1. The Bertz CT molecular complexity index is 345. The number of aliphatic imine (C=N–C) groups is 1. The van der Waals surface area contributed by atoms with Gasteiger partial charge in [0.05, 0.1) is 5.69 Å². The second-order valence-corrected chi connectivity index (χ2v) is 3.20. The topological polar surface area (TPSA) is 38.4 Å². The lowest BCUT2D eigenvalue weighted by Crippen LogP contribution is -1.96. The Balaban J connectivity index is 2.56. The molecule has 0 spiro atoms. The second kappa shape index (κ2) is 2.88. The molecule has 0 radical (unpaired) electrons. The van der Waals surface area contributed by atoms with Crippen molar-refractivity contribution in [1.82, 2.24) is 0 Å². The summed E-state index contributed by atoms with van der Waals surface area (Å²) in [5, 5.41) is 0.783. The first kappa shape index (κ1) is 7.77. The predicted octanol–water partition coefficient (Wildman–Crippen LogP) is 2.06. The van der Waals surface area contributed by atoms with Crippen LogP contribution in [0.3, 0.4) is 0 Å². The van der Waals surface area contributed by atoms with Crippen LogP contribution in [0.5, 0.6) is 0 Å². The molecule has 12 heavy (non-hydrogen) atoms. The Morgan fingerprint density at radius 1 is 1.50 bits per heavy atom. The summed E-state index contributed by atoms with van der Waals surface area (Å²) in [4.78, 5) is 4.20. The van der Waals surface area contributed by atoms with Crippen LogP contribution in [-0.4, -0.2) is 6.21 Å². The maximum absolute atomic E-state index is 6.02. The van der Waals surface area contributed by atoms with Crippen LogP contribution in [0.15, 0.2) is 17.1 Å². The third-order valence-corrected chi connectivity index (χ3v) is 2.33. The summed E-state index contributed by atoms with van der Waals surface area (Å²) in [5.41, 5.74) is 8.64. The molecule has 0 bridgehead atoms. The van der Waals surface area contributed by atoms with Crippen LogP contribution in [0, 0.1) is 0 Å². The molecule has 0 unspecified atom stereocenters. The van der Waals surface area contributed by atoms with Crippen molar-refractivity contribution in [2.45, 2.75) is 13.0 Å². The fourth-order valence-corrected chi connectivity index (χ4v) is 1.66. The summed E-state index contributed by atoms with van der Waals surface area (Å²) in [6.45, 7) is 0.516. The molecular formula is C9H9ClN2. The van der Waals surface area contributed by atoms with Gasteiger partial charge < -0.3 is 5.73 Å². The van der Waals surface area contributed by atoms with Crippen molar-refractivity contribution >= 4 is 23.5 Å². The average Bonchev–Trinajstić information content (AvgIpc) is 2.52. The van der Waals surface area contributed by atoms with E-state index < -0.39 is 0 Å². The van der Waals surface area contributed by atoms with Gasteiger partial charge in [0.15, 0.2) is 0 Å². The van der Waals surface area contributed by atoms with Crippen molar-refractivity contribution in [1.29, 1.82) is 0 Å². The largest absolute Gasteiger partial charge is 0.326 e. The molecule has 0 saturated heterocycles. The van der Waals surface area contributed by atoms with Gasteiger partial charge in [-0.25, -0.2) is 0 Å². The van der Waals surface area contributed by atoms with Gasteiger partial charge in [0, 0.05) is 29.8 Å². The first-order valence-electron chi connectivity index (χ1n) is 3.85. The highest BCUT2D eigenvalue weighted by Gasteiger charge is 2.11. The van der Waals surface area contributed by atoms with E-state index in [1.54, 1.807) is 0 Å². The molecule has 0 amide bonds. The molecule has 1 heterocycles. The molecule has 2 nitrogen and oxygen atoms in total. The van der Waals surface area contributed by atoms with Crippen molar-refractivity contribution in [3.8, 4) is 0 Å². The molecular weight excluding hydrogens is 172 g/mol. The van der Waals surface area contributed by atoms with Crippen LogP contribution >= 0.6 is 11.6 Å². The van der Waals surface area contributed by atoms with Crippen molar-refractivity contribution in [2.75, 3.05) is 0 Å². The summed E-state index contributed by atoms with van der Waals surface area (Å²) >= 11 is 6.02. The minimum atomic E-state index is 0.516. The summed E-state index contributed by atoms with van der Waals surface area (Å²) in [6.07, 6.45) is 2.72. The van der Waals surface area contributed by atoms with Crippen LogP contribution in [0.25, 0.3) is 0 Å². The SMILES string of the molecule is NCc1cc(Cl)c2c(c1)N=CC2. The van der Waals surface area contributed by atoms with Crippen LogP contribution in [-0.2, 0) is 13.0 Å². The molecule has 2 rings (SSSR count). The Hall–Kier alpha value is -0.860. The van der Waals surface area contributed by atoms with E-state index in [1.165, 1.54) is 0 Å². The Morgan fingerprint density at radius 2 is 2.33 bits per heavy atom. The monoisotopic (exact) mass is 180 g/mol. The molecule has 0 atom stereocenters. The van der Waals surface area contributed by atoms with E-state index >= 15 is 0 Å². The zero-order chi connectivity index (χ0) is 8.55. The minimum absolute atomic E-state index is 0.516. The molecule has 0 aromatic heterocycles. The van der Waals surface area contributed by atoms with Crippen LogP contribution in [0.4, 0.5) is 5.69 Å². The number of halogens is 1. The number of hydrogen-bond acceptors (Lipinski definition) is 2. The zero-order valence-electron chi connectivity index (χ0n) is 6.55. The number of nitrogens with zero attached hydrogens (tertiary/aromatic N) is 1. The summed E-state index contributed by atoms with van der Waals surface area (Å²) in [7, 11) is 0. The molecule has 1 aliphatic rings. The van der Waals surface area contributed by atoms with Crippen molar-refractivity contribution in [2.24, 2.45) is 10.7 Å². The molecule has 0 aliphatic carbocycles. The Labute approximate surface area is 76.1 Å². The number of benzene rings is 1. The normalized spacial score (nSPS) is 13.5. The lowest BCUT2D eigenvalue weighted by molar-refractivity contribution is 1.07. The first-order valence-corrected chi connectivity index (χ1v) is 4.23. The van der Waals surface area contributed by atoms with Crippen molar-refractivity contribution in [3.63, 3.8) is 0 Å². The van der Waals surface area contributed by atoms with Gasteiger partial charge in [0.25, 0.3) is 0 Å². The van der Waals surface area contributed by atoms with Gasteiger partial charge in [-0.3, -0.25) is 4.99 Å². The van der Waals surface area contributed by atoms with E-state index in [9.17, 15) is 0 Å². The summed E-state index contributed by atoms with van der Waals surface area (Å²) in [5.74, 6) is 0. The van der Waals surface area contributed by atoms with Crippen molar-refractivity contribution in [3.05, 3.63) is 28.3 Å². The molecule has 3 heteroatoms. The molecule has 62 valence electrons. The Morgan fingerprint density at radius 3 is 3.08 bits per heavy atom. The third-order valence-electron chi connectivity index (χ3n) is 1.99. The lowest BCUT2D eigenvalue weighted by atomic mass is 10.1.